The normalized spacial score (nSPS) is 14.3. The minimum Gasteiger partial charge on any atom is -0.313 e. The Bertz CT molecular complexity index is 2970. The molecule has 0 fully saturated rings. The van der Waals surface area contributed by atoms with Gasteiger partial charge in [-0.25, -0.2) is 0 Å². The van der Waals surface area contributed by atoms with E-state index in [1.165, 1.54) is 99.9 Å². The summed E-state index contributed by atoms with van der Waals surface area (Å²) in [5.74, 6) is 0. The van der Waals surface area contributed by atoms with Gasteiger partial charge < -0.3 is 9.13 Å². The second-order valence-corrected chi connectivity index (χ2v) is 15.3. The lowest BCUT2D eigenvalue weighted by Gasteiger charge is -2.23. The highest BCUT2D eigenvalue weighted by atomic mass is 15.0. The minimum absolute atomic E-state index is 0.0372. The van der Waals surface area contributed by atoms with Crippen LogP contribution in [-0.4, -0.2) is 9.13 Å². The molecule has 0 radical (unpaired) electrons. The molecule has 53 heavy (non-hydrogen) atoms. The molecule has 252 valence electrons. The lowest BCUT2D eigenvalue weighted by molar-refractivity contribution is 0.659. The van der Waals surface area contributed by atoms with E-state index in [4.69, 9.17) is 0 Å². The fraction of sp³-hybridized carbons (Fsp3) is 0.0980. The van der Waals surface area contributed by atoms with Crippen molar-refractivity contribution in [3.05, 3.63) is 192 Å². The van der Waals surface area contributed by atoms with E-state index in [1.54, 1.807) is 0 Å². The topological polar surface area (TPSA) is 9.86 Å². The zero-order chi connectivity index (χ0) is 35.3. The SMILES string of the molecule is CC1(C)c2ccccc2-c2ccc(-n3c4c(c5ccccc53)C=C(c3ccc5c(c3)c3ccccc3n5-c3cccc(-c5ccccc5)c3)CC4)cc21. The van der Waals surface area contributed by atoms with E-state index in [0.717, 1.165) is 12.8 Å². The Morgan fingerprint density at radius 1 is 0.434 bits per heavy atom. The molecule has 0 saturated heterocycles. The van der Waals surface area contributed by atoms with Crippen molar-refractivity contribution in [2.45, 2.75) is 32.1 Å². The Morgan fingerprint density at radius 2 is 1.11 bits per heavy atom. The molecule has 0 saturated carbocycles. The van der Waals surface area contributed by atoms with Crippen LogP contribution in [0.4, 0.5) is 0 Å². The Balaban J connectivity index is 1.04. The summed E-state index contributed by atoms with van der Waals surface area (Å²) in [6.07, 6.45) is 4.46. The van der Waals surface area contributed by atoms with Crippen LogP contribution in [0.2, 0.25) is 0 Å². The molecule has 0 N–H and O–H groups in total. The van der Waals surface area contributed by atoms with Crippen LogP contribution in [0.25, 0.3) is 78.0 Å². The molecule has 11 rings (SSSR count). The molecule has 0 amide bonds. The smallest absolute Gasteiger partial charge is 0.0541 e. The van der Waals surface area contributed by atoms with Gasteiger partial charge in [0.05, 0.1) is 16.6 Å². The van der Waals surface area contributed by atoms with Crippen molar-refractivity contribution in [2.75, 3.05) is 0 Å². The molecule has 0 bridgehead atoms. The lowest BCUT2D eigenvalue weighted by atomic mass is 9.82. The van der Waals surface area contributed by atoms with Gasteiger partial charge in [0.25, 0.3) is 0 Å². The largest absolute Gasteiger partial charge is 0.313 e. The summed E-state index contributed by atoms with van der Waals surface area (Å²) in [4.78, 5) is 0. The lowest BCUT2D eigenvalue weighted by Crippen LogP contribution is -2.15. The summed E-state index contributed by atoms with van der Waals surface area (Å²) in [5.41, 5.74) is 19.6. The molecule has 0 unspecified atom stereocenters. The first-order valence-electron chi connectivity index (χ1n) is 18.8. The first-order valence-corrected chi connectivity index (χ1v) is 18.8. The maximum Gasteiger partial charge on any atom is 0.0541 e. The number of hydrogen-bond acceptors (Lipinski definition) is 0. The average molecular weight is 679 g/mol. The maximum absolute atomic E-state index is 2.54. The molecule has 7 aromatic carbocycles. The van der Waals surface area contributed by atoms with Crippen molar-refractivity contribution in [1.29, 1.82) is 0 Å². The molecule has 2 heterocycles. The standard InChI is InChI=1S/C51H38N2/c1-51(2)45-20-9-6-17-39(45)40-26-25-38(32-46(40)51)53-48-22-11-8-19-42(48)44-31-36(24-28-50(44)53)35-23-27-49-43(30-35)41-18-7-10-21-47(41)52(49)37-16-12-15-34(29-37)33-13-4-3-5-14-33/h3-23,25-27,29-32H,24,28H2,1-2H3. The van der Waals surface area contributed by atoms with Gasteiger partial charge in [0.2, 0.25) is 0 Å². The number of allylic oxidation sites excluding steroid dienone is 1. The van der Waals surface area contributed by atoms with Crippen LogP contribution in [0.5, 0.6) is 0 Å². The van der Waals surface area contributed by atoms with Gasteiger partial charge in [-0.05, 0) is 112 Å². The van der Waals surface area contributed by atoms with Gasteiger partial charge in [0, 0.05) is 44.2 Å². The molecule has 0 spiro atoms. The van der Waals surface area contributed by atoms with E-state index >= 15 is 0 Å². The quantitative estimate of drug-likeness (QED) is 0.175. The predicted molar refractivity (Wildman–Crippen MR) is 223 cm³/mol. The summed E-state index contributed by atoms with van der Waals surface area (Å²) in [6.45, 7) is 4.74. The van der Waals surface area contributed by atoms with Gasteiger partial charge in [0.1, 0.15) is 0 Å². The van der Waals surface area contributed by atoms with Crippen LogP contribution in [0, 0.1) is 0 Å². The first-order chi connectivity index (χ1) is 26.0. The van der Waals surface area contributed by atoms with E-state index in [1.807, 2.05) is 0 Å². The van der Waals surface area contributed by atoms with Crippen LogP contribution in [0.15, 0.2) is 164 Å². The summed E-state index contributed by atoms with van der Waals surface area (Å²) in [5, 5.41) is 3.89. The summed E-state index contributed by atoms with van der Waals surface area (Å²) < 4.78 is 4.97. The number of benzene rings is 7. The third-order valence-corrected chi connectivity index (χ3v) is 12.0. The van der Waals surface area contributed by atoms with Gasteiger partial charge >= 0.3 is 0 Å². The predicted octanol–water partition coefficient (Wildman–Crippen LogP) is 13.2. The molecule has 9 aromatic rings. The Morgan fingerprint density at radius 3 is 1.98 bits per heavy atom. The molecular weight excluding hydrogens is 641 g/mol. The van der Waals surface area contributed by atoms with Crippen LogP contribution < -0.4 is 0 Å². The molecule has 2 heteroatoms. The maximum atomic E-state index is 2.54. The number of fused-ring (bicyclic) bond motifs is 9. The number of rotatable bonds is 4. The van der Waals surface area contributed by atoms with Crippen molar-refractivity contribution in [1.82, 2.24) is 9.13 Å². The summed E-state index contributed by atoms with van der Waals surface area (Å²) in [6, 6.07) is 60.6. The van der Waals surface area contributed by atoms with E-state index < -0.39 is 0 Å². The summed E-state index contributed by atoms with van der Waals surface area (Å²) in [7, 11) is 0. The van der Waals surface area contributed by atoms with Crippen molar-refractivity contribution in [3.8, 4) is 33.6 Å². The van der Waals surface area contributed by atoms with Crippen molar-refractivity contribution < 1.29 is 0 Å². The Hall–Kier alpha value is -6.38. The van der Waals surface area contributed by atoms with Crippen molar-refractivity contribution in [2.24, 2.45) is 0 Å². The zero-order valence-corrected chi connectivity index (χ0v) is 30.0. The number of nitrogens with zero attached hydrogens (tertiary/aromatic N) is 2. The highest BCUT2D eigenvalue weighted by Gasteiger charge is 2.35. The van der Waals surface area contributed by atoms with Gasteiger partial charge in [-0.3, -0.25) is 0 Å². The molecule has 2 aliphatic rings. The van der Waals surface area contributed by atoms with Gasteiger partial charge in [-0.2, -0.15) is 0 Å². The molecule has 0 aliphatic heterocycles. The van der Waals surface area contributed by atoms with E-state index in [-0.39, 0.29) is 5.41 Å². The number of hydrogen-bond donors (Lipinski definition) is 0. The Kier molecular flexibility index (Phi) is 6.46. The van der Waals surface area contributed by atoms with Crippen LogP contribution in [0.3, 0.4) is 0 Å². The highest BCUT2D eigenvalue weighted by molar-refractivity contribution is 6.11. The minimum atomic E-state index is -0.0372. The number of aromatic nitrogens is 2. The van der Waals surface area contributed by atoms with Crippen LogP contribution in [0.1, 0.15) is 48.2 Å². The van der Waals surface area contributed by atoms with E-state index in [9.17, 15) is 0 Å². The van der Waals surface area contributed by atoms with E-state index in [0.29, 0.717) is 0 Å². The molecule has 2 nitrogen and oxygen atoms in total. The highest BCUT2D eigenvalue weighted by Crippen LogP contribution is 2.50. The average Bonchev–Trinajstić information content (AvgIpc) is 3.81. The van der Waals surface area contributed by atoms with Crippen LogP contribution in [-0.2, 0) is 11.8 Å². The number of para-hydroxylation sites is 2. The van der Waals surface area contributed by atoms with Crippen LogP contribution >= 0.6 is 0 Å². The molecule has 0 atom stereocenters. The zero-order valence-electron chi connectivity index (χ0n) is 30.0. The van der Waals surface area contributed by atoms with Gasteiger partial charge in [-0.1, -0.05) is 129 Å². The van der Waals surface area contributed by atoms with E-state index in [2.05, 4.69) is 193 Å². The van der Waals surface area contributed by atoms with Gasteiger partial charge in [0.15, 0.2) is 0 Å². The Labute approximate surface area is 309 Å². The fourth-order valence-corrected chi connectivity index (χ4v) is 9.48. The molecule has 2 aliphatic carbocycles. The van der Waals surface area contributed by atoms with Crippen molar-refractivity contribution >= 4 is 44.4 Å². The summed E-state index contributed by atoms with van der Waals surface area (Å²) >= 11 is 0. The molecule has 2 aromatic heterocycles. The second kappa shape index (κ2) is 11.3. The fourth-order valence-electron chi connectivity index (χ4n) is 9.48. The van der Waals surface area contributed by atoms with Gasteiger partial charge in [-0.15, -0.1) is 0 Å². The second-order valence-electron chi connectivity index (χ2n) is 15.3. The van der Waals surface area contributed by atoms with Crippen molar-refractivity contribution in [3.63, 3.8) is 0 Å². The third-order valence-electron chi connectivity index (χ3n) is 12.0. The molecular formula is C51H38N2. The third kappa shape index (κ3) is 4.45. The first kappa shape index (κ1) is 30.3. The monoisotopic (exact) mass is 678 g/mol.